The van der Waals surface area contributed by atoms with E-state index in [0.717, 1.165) is 6.54 Å². The van der Waals surface area contributed by atoms with Gasteiger partial charge in [-0.1, -0.05) is 12.2 Å². The Morgan fingerprint density at radius 2 is 1.56 bits per heavy atom. The van der Waals surface area contributed by atoms with E-state index in [-0.39, 0.29) is 0 Å². The summed E-state index contributed by atoms with van der Waals surface area (Å²) in [6.45, 7) is 3.16. The predicted octanol–water partition coefficient (Wildman–Crippen LogP) is 1.91. The zero-order valence-corrected chi connectivity index (χ0v) is 5.62. The normalized spacial score (nSPS) is 16.3. The predicted molar refractivity (Wildman–Crippen MR) is 39.8 cm³/mol. The largest absolute Gasteiger partial charge is 0.355 e. The molecule has 1 heterocycles. The highest BCUT2D eigenvalue weighted by molar-refractivity contribution is 5.15. The van der Waals surface area contributed by atoms with Gasteiger partial charge in [0.1, 0.15) is 0 Å². The maximum absolute atomic E-state index is 2.12. The van der Waals surface area contributed by atoms with E-state index < -0.39 is 0 Å². The summed E-state index contributed by atoms with van der Waals surface area (Å²) in [5.74, 6) is 0. The van der Waals surface area contributed by atoms with Crippen LogP contribution in [0.15, 0.2) is 36.7 Å². The van der Waals surface area contributed by atoms with E-state index in [2.05, 4.69) is 24.2 Å². The molecule has 0 saturated heterocycles. The van der Waals surface area contributed by atoms with Crippen molar-refractivity contribution in [2.24, 2.45) is 0 Å². The van der Waals surface area contributed by atoms with Gasteiger partial charge in [-0.05, 0) is 19.1 Å². The highest BCUT2D eigenvalue weighted by Gasteiger charge is 1.86. The third-order valence-corrected chi connectivity index (χ3v) is 1.25. The molecule has 0 atom stereocenters. The van der Waals surface area contributed by atoms with Crippen molar-refractivity contribution in [3.05, 3.63) is 36.7 Å². The van der Waals surface area contributed by atoms with Crippen LogP contribution in [0.5, 0.6) is 0 Å². The van der Waals surface area contributed by atoms with Gasteiger partial charge in [0.05, 0.1) is 0 Å². The molecule has 0 amide bonds. The topological polar surface area (TPSA) is 3.24 Å². The second kappa shape index (κ2) is 3.13. The lowest BCUT2D eigenvalue weighted by molar-refractivity contribution is 0.538. The molecule has 0 radical (unpaired) electrons. The number of hydrogen-bond donors (Lipinski definition) is 0. The Hall–Kier alpha value is -0.980. The molecular weight excluding hydrogens is 110 g/mol. The van der Waals surface area contributed by atoms with Crippen molar-refractivity contribution in [1.82, 2.24) is 4.90 Å². The van der Waals surface area contributed by atoms with E-state index in [9.17, 15) is 0 Å². The Morgan fingerprint density at radius 3 is 2.00 bits per heavy atom. The Bertz CT molecular complexity index is 138. The van der Waals surface area contributed by atoms with Gasteiger partial charge in [0.25, 0.3) is 0 Å². The van der Waals surface area contributed by atoms with Crippen LogP contribution in [0.3, 0.4) is 0 Å². The molecule has 0 bridgehead atoms. The van der Waals surface area contributed by atoms with Crippen molar-refractivity contribution < 1.29 is 0 Å². The minimum absolute atomic E-state index is 1.04. The fourth-order valence-electron chi connectivity index (χ4n) is 0.709. The SMILES string of the molecule is CCN1C=CC=CC=C1. The van der Waals surface area contributed by atoms with Crippen LogP contribution in [0.4, 0.5) is 0 Å². The van der Waals surface area contributed by atoms with Crippen LogP contribution < -0.4 is 0 Å². The van der Waals surface area contributed by atoms with Gasteiger partial charge in [0, 0.05) is 18.9 Å². The Balaban J connectivity index is 2.58. The lowest BCUT2D eigenvalue weighted by Crippen LogP contribution is -2.06. The molecule has 48 valence electrons. The first-order chi connectivity index (χ1) is 4.43. The van der Waals surface area contributed by atoms with E-state index >= 15 is 0 Å². The molecule has 1 heteroatoms. The van der Waals surface area contributed by atoms with Crippen molar-refractivity contribution in [2.75, 3.05) is 6.54 Å². The number of allylic oxidation sites excluding steroid dienone is 4. The minimum Gasteiger partial charge on any atom is -0.355 e. The molecule has 0 fully saturated rings. The van der Waals surface area contributed by atoms with Crippen LogP contribution in [0.1, 0.15) is 6.92 Å². The molecular formula is C8H11N. The quantitative estimate of drug-likeness (QED) is 0.512. The third-order valence-electron chi connectivity index (χ3n) is 1.25. The van der Waals surface area contributed by atoms with Crippen LogP contribution in [0.25, 0.3) is 0 Å². The minimum atomic E-state index is 1.04. The zero-order chi connectivity index (χ0) is 6.53. The first-order valence-corrected chi connectivity index (χ1v) is 3.21. The van der Waals surface area contributed by atoms with E-state index in [0.29, 0.717) is 0 Å². The van der Waals surface area contributed by atoms with Crippen LogP contribution in [0, 0.1) is 0 Å². The standard InChI is InChI=1S/C8H11N/c1-2-9-7-5-3-4-6-8-9/h3-8H,2H2,1H3. The first-order valence-electron chi connectivity index (χ1n) is 3.21. The summed E-state index contributed by atoms with van der Waals surface area (Å²) < 4.78 is 0. The molecule has 0 aromatic carbocycles. The number of rotatable bonds is 1. The first kappa shape index (κ1) is 6.14. The highest BCUT2D eigenvalue weighted by atomic mass is 15.1. The molecule has 1 rings (SSSR count). The lowest BCUT2D eigenvalue weighted by Gasteiger charge is -2.09. The van der Waals surface area contributed by atoms with E-state index in [4.69, 9.17) is 0 Å². The van der Waals surface area contributed by atoms with Crippen LogP contribution in [-0.2, 0) is 0 Å². The molecule has 0 aliphatic carbocycles. The van der Waals surface area contributed by atoms with Crippen molar-refractivity contribution in [1.29, 1.82) is 0 Å². The second-order valence-electron chi connectivity index (χ2n) is 1.90. The molecule has 1 nitrogen and oxygen atoms in total. The van der Waals surface area contributed by atoms with Gasteiger partial charge < -0.3 is 4.90 Å². The molecule has 0 unspecified atom stereocenters. The van der Waals surface area contributed by atoms with Gasteiger partial charge in [-0.15, -0.1) is 0 Å². The second-order valence-corrected chi connectivity index (χ2v) is 1.90. The van der Waals surface area contributed by atoms with Gasteiger partial charge in [-0.2, -0.15) is 0 Å². The van der Waals surface area contributed by atoms with Gasteiger partial charge in [0.2, 0.25) is 0 Å². The Kier molecular flexibility index (Phi) is 2.13. The molecule has 1 aliphatic rings. The van der Waals surface area contributed by atoms with Crippen LogP contribution >= 0.6 is 0 Å². The monoisotopic (exact) mass is 121 g/mol. The molecule has 0 saturated carbocycles. The van der Waals surface area contributed by atoms with Gasteiger partial charge in [-0.3, -0.25) is 0 Å². The fourth-order valence-corrected chi connectivity index (χ4v) is 0.709. The Morgan fingerprint density at radius 1 is 1.00 bits per heavy atom. The van der Waals surface area contributed by atoms with E-state index in [1.807, 2.05) is 24.3 Å². The zero-order valence-electron chi connectivity index (χ0n) is 5.62. The van der Waals surface area contributed by atoms with Gasteiger partial charge >= 0.3 is 0 Å². The van der Waals surface area contributed by atoms with Crippen LogP contribution in [0.2, 0.25) is 0 Å². The summed E-state index contributed by atoms with van der Waals surface area (Å²) in [5, 5.41) is 0. The summed E-state index contributed by atoms with van der Waals surface area (Å²) in [4.78, 5) is 2.12. The van der Waals surface area contributed by atoms with Gasteiger partial charge in [-0.25, -0.2) is 0 Å². The third kappa shape index (κ3) is 1.76. The summed E-state index contributed by atoms with van der Waals surface area (Å²) in [5.41, 5.74) is 0. The van der Waals surface area contributed by atoms with Crippen molar-refractivity contribution in [2.45, 2.75) is 6.92 Å². The molecule has 0 aromatic heterocycles. The lowest BCUT2D eigenvalue weighted by atomic mass is 10.5. The molecule has 0 spiro atoms. The maximum Gasteiger partial charge on any atom is 0.0191 e. The summed E-state index contributed by atoms with van der Waals surface area (Å²) in [6.07, 6.45) is 12.2. The molecule has 9 heavy (non-hydrogen) atoms. The number of nitrogens with zero attached hydrogens (tertiary/aromatic N) is 1. The van der Waals surface area contributed by atoms with E-state index in [1.165, 1.54) is 0 Å². The fraction of sp³-hybridized carbons (Fsp3) is 0.250. The molecule has 0 N–H and O–H groups in total. The Labute approximate surface area is 56.0 Å². The van der Waals surface area contributed by atoms with Crippen molar-refractivity contribution in [3.8, 4) is 0 Å². The summed E-state index contributed by atoms with van der Waals surface area (Å²) >= 11 is 0. The summed E-state index contributed by atoms with van der Waals surface area (Å²) in [7, 11) is 0. The number of hydrogen-bond acceptors (Lipinski definition) is 1. The van der Waals surface area contributed by atoms with Gasteiger partial charge in [0.15, 0.2) is 0 Å². The summed E-state index contributed by atoms with van der Waals surface area (Å²) in [6, 6.07) is 0. The molecule has 1 aliphatic heterocycles. The average Bonchev–Trinajstić information content (AvgIpc) is 2.13. The average molecular weight is 121 g/mol. The maximum atomic E-state index is 2.12. The van der Waals surface area contributed by atoms with E-state index in [1.54, 1.807) is 0 Å². The van der Waals surface area contributed by atoms with Crippen LogP contribution in [-0.4, -0.2) is 11.4 Å². The highest BCUT2D eigenvalue weighted by Crippen LogP contribution is 1.95. The van der Waals surface area contributed by atoms with Crippen molar-refractivity contribution >= 4 is 0 Å². The smallest absolute Gasteiger partial charge is 0.0191 e. The molecule has 0 aromatic rings. The van der Waals surface area contributed by atoms with Crippen molar-refractivity contribution in [3.63, 3.8) is 0 Å².